The third-order valence-electron chi connectivity index (χ3n) is 4.36. The van der Waals surface area contributed by atoms with E-state index in [-0.39, 0.29) is 0 Å². The molecule has 127 valence electrons. The van der Waals surface area contributed by atoms with Gasteiger partial charge in [-0.25, -0.2) is 0 Å². The molecule has 0 bridgehead atoms. The van der Waals surface area contributed by atoms with Crippen molar-refractivity contribution in [1.29, 1.82) is 0 Å². The highest BCUT2D eigenvalue weighted by Crippen LogP contribution is 2.25. The maximum atomic E-state index is 10.3. The molecule has 2 unspecified atom stereocenters. The van der Waals surface area contributed by atoms with Crippen molar-refractivity contribution in [3.05, 3.63) is 6.42 Å². The molecule has 0 amide bonds. The van der Waals surface area contributed by atoms with Gasteiger partial charge in [0.2, 0.25) is 0 Å². The van der Waals surface area contributed by atoms with Crippen molar-refractivity contribution >= 4 is 0 Å². The van der Waals surface area contributed by atoms with Crippen LogP contribution < -0.4 is 0 Å². The Morgan fingerprint density at radius 3 is 1.86 bits per heavy atom. The normalized spacial score (nSPS) is 17.4. The lowest BCUT2D eigenvalue weighted by atomic mass is 9.88. The summed E-state index contributed by atoms with van der Waals surface area (Å²) in [7, 11) is 0. The van der Waals surface area contributed by atoms with Gasteiger partial charge in [-0.3, -0.25) is 0 Å². The predicted octanol–water partition coefficient (Wildman–Crippen LogP) is 5.41. The Balaban J connectivity index is 3.71. The molecule has 0 aliphatic heterocycles. The first-order chi connectivity index (χ1) is 9.83. The van der Waals surface area contributed by atoms with E-state index in [1.54, 1.807) is 0 Å². The number of aliphatic hydroxyl groups is 2. The fourth-order valence-corrected chi connectivity index (χ4v) is 2.74. The first kappa shape index (κ1) is 20.9. The van der Waals surface area contributed by atoms with E-state index >= 15 is 0 Å². The molecule has 1 radical (unpaired) electrons. The average Bonchev–Trinajstić information content (AvgIpc) is 2.40. The smallest absolute Gasteiger partial charge is 0.0622 e. The summed E-state index contributed by atoms with van der Waals surface area (Å²) < 4.78 is 0. The summed E-state index contributed by atoms with van der Waals surface area (Å²) in [4.78, 5) is 0. The molecule has 0 rings (SSSR count). The minimum atomic E-state index is -0.568. The molecule has 0 aromatic rings. The zero-order valence-electron chi connectivity index (χ0n) is 15.0. The molecule has 0 heterocycles. The summed E-state index contributed by atoms with van der Waals surface area (Å²) in [6.07, 6.45) is 14.7. The van der Waals surface area contributed by atoms with Crippen molar-refractivity contribution in [3.8, 4) is 0 Å². The lowest BCUT2D eigenvalue weighted by Gasteiger charge is -2.26. The van der Waals surface area contributed by atoms with E-state index in [4.69, 9.17) is 0 Å². The van der Waals surface area contributed by atoms with E-state index in [2.05, 4.69) is 20.3 Å². The highest BCUT2D eigenvalue weighted by atomic mass is 16.3. The van der Waals surface area contributed by atoms with Crippen molar-refractivity contribution in [1.82, 2.24) is 0 Å². The van der Waals surface area contributed by atoms with E-state index in [1.165, 1.54) is 32.1 Å². The zero-order chi connectivity index (χ0) is 16.2. The van der Waals surface area contributed by atoms with Gasteiger partial charge in [-0.05, 0) is 52.4 Å². The van der Waals surface area contributed by atoms with Crippen LogP contribution in [-0.2, 0) is 0 Å². The molecule has 0 saturated heterocycles. The van der Waals surface area contributed by atoms with Gasteiger partial charge in [0.25, 0.3) is 0 Å². The Kier molecular flexibility index (Phi) is 11.4. The van der Waals surface area contributed by atoms with E-state index in [1.807, 2.05) is 13.8 Å². The third-order valence-corrected chi connectivity index (χ3v) is 4.36. The van der Waals surface area contributed by atoms with Gasteiger partial charge in [-0.15, -0.1) is 0 Å². The summed E-state index contributed by atoms with van der Waals surface area (Å²) >= 11 is 0. The third kappa shape index (κ3) is 13.3. The lowest BCUT2D eigenvalue weighted by Crippen LogP contribution is -2.26. The topological polar surface area (TPSA) is 40.5 Å². The number of hydrogen-bond donors (Lipinski definition) is 2. The van der Waals surface area contributed by atoms with Gasteiger partial charge in [-0.1, -0.05) is 58.8 Å². The lowest BCUT2D eigenvalue weighted by molar-refractivity contribution is 0.0321. The molecule has 0 aromatic carbocycles. The Labute approximate surface area is 133 Å². The molecule has 0 spiro atoms. The average molecular weight is 300 g/mol. The molecule has 21 heavy (non-hydrogen) atoms. The Morgan fingerprint density at radius 2 is 1.24 bits per heavy atom. The maximum Gasteiger partial charge on any atom is 0.0622 e. The minimum absolute atomic E-state index is 0.543. The predicted molar refractivity (Wildman–Crippen MR) is 92.3 cm³/mol. The molecule has 2 N–H and O–H groups in total. The monoisotopic (exact) mass is 299 g/mol. The highest BCUT2D eigenvalue weighted by Gasteiger charge is 2.22. The largest absolute Gasteiger partial charge is 0.390 e. The fraction of sp³-hybridized carbons (Fsp3) is 0.947. The van der Waals surface area contributed by atoms with Crippen molar-refractivity contribution in [2.45, 2.75) is 116 Å². The molecule has 0 fully saturated rings. The molecule has 0 aromatic heterocycles. The van der Waals surface area contributed by atoms with Crippen LogP contribution >= 0.6 is 0 Å². The van der Waals surface area contributed by atoms with Crippen molar-refractivity contribution in [3.63, 3.8) is 0 Å². The van der Waals surface area contributed by atoms with E-state index < -0.39 is 11.2 Å². The second kappa shape index (κ2) is 11.5. The second-order valence-electron chi connectivity index (χ2n) is 7.29. The zero-order valence-corrected chi connectivity index (χ0v) is 15.0. The first-order valence-electron chi connectivity index (χ1n) is 9.09. The van der Waals surface area contributed by atoms with Crippen molar-refractivity contribution in [2.24, 2.45) is 0 Å². The summed E-state index contributed by atoms with van der Waals surface area (Å²) in [5, 5.41) is 20.6. The summed E-state index contributed by atoms with van der Waals surface area (Å²) in [6, 6.07) is 0. The second-order valence-corrected chi connectivity index (χ2v) is 7.29. The molecular weight excluding hydrogens is 260 g/mol. The van der Waals surface area contributed by atoms with Gasteiger partial charge in [-0.2, -0.15) is 0 Å². The van der Waals surface area contributed by atoms with Crippen LogP contribution in [0.25, 0.3) is 0 Å². The van der Waals surface area contributed by atoms with Crippen LogP contribution in [0.1, 0.15) is 105 Å². The first-order valence-corrected chi connectivity index (χ1v) is 9.09. The van der Waals surface area contributed by atoms with Crippen LogP contribution in [0.5, 0.6) is 0 Å². The Morgan fingerprint density at radius 1 is 0.714 bits per heavy atom. The minimum Gasteiger partial charge on any atom is -0.390 e. The Bertz CT molecular complexity index is 234. The maximum absolute atomic E-state index is 10.3. The van der Waals surface area contributed by atoms with Crippen molar-refractivity contribution < 1.29 is 10.2 Å². The number of rotatable bonds is 14. The molecule has 0 aliphatic carbocycles. The molecular formula is C19H39O2. The standard InChI is InChI=1S/C19H39O2/c1-5-7-9-11-15-19(4,21)17-13-12-16-18(3,20)14-10-8-6-2/h13,20-21H,5-12,14-17H2,1-4H3. The van der Waals surface area contributed by atoms with Crippen LogP contribution in [0.4, 0.5) is 0 Å². The summed E-state index contributed by atoms with van der Waals surface area (Å²) in [5.41, 5.74) is -1.11. The van der Waals surface area contributed by atoms with Gasteiger partial charge in [0.05, 0.1) is 11.2 Å². The summed E-state index contributed by atoms with van der Waals surface area (Å²) in [5.74, 6) is 0. The van der Waals surface area contributed by atoms with Crippen LogP contribution in [0.15, 0.2) is 0 Å². The van der Waals surface area contributed by atoms with Crippen LogP contribution in [0.2, 0.25) is 0 Å². The van der Waals surface area contributed by atoms with Crippen LogP contribution in [0.3, 0.4) is 0 Å². The van der Waals surface area contributed by atoms with Gasteiger partial charge < -0.3 is 10.2 Å². The van der Waals surface area contributed by atoms with E-state index in [0.29, 0.717) is 0 Å². The Hall–Kier alpha value is -0.0800. The SMILES string of the molecule is CCCCCCC(C)(O)C[CH]CCC(C)(O)CCCCC. The molecule has 2 heteroatoms. The van der Waals surface area contributed by atoms with Crippen molar-refractivity contribution in [2.75, 3.05) is 0 Å². The van der Waals surface area contributed by atoms with Gasteiger partial charge in [0, 0.05) is 0 Å². The van der Waals surface area contributed by atoms with Gasteiger partial charge >= 0.3 is 0 Å². The molecule has 0 saturated carbocycles. The number of unbranched alkanes of at least 4 members (excludes halogenated alkanes) is 6. The summed E-state index contributed by atoms with van der Waals surface area (Å²) in [6.45, 7) is 8.28. The quantitative estimate of drug-likeness (QED) is 0.421. The number of hydrogen-bond acceptors (Lipinski definition) is 2. The van der Waals surface area contributed by atoms with Crippen LogP contribution in [0, 0.1) is 6.42 Å². The highest BCUT2D eigenvalue weighted by molar-refractivity contribution is 4.83. The van der Waals surface area contributed by atoms with Gasteiger partial charge in [0.15, 0.2) is 0 Å². The van der Waals surface area contributed by atoms with E-state index in [9.17, 15) is 10.2 Å². The fourth-order valence-electron chi connectivity index (χ4n) is 2.74. The van der Waals surface area contributed by atoms with Gasteiger partial charge in [0.1, 0.15) is 0 Å². The van der Waals surface area contributed by atoms with E-state index in [0.717, 1.165) is 44.9 Å². The molecule has 0 aliphatic rings. The van der Waals surface area contributed by atoms with Crippen LogP contribution in [-0.4, -0.2) is 21.4 Å². The molecule has 2 nitrogen and oxygen atoms in total. The molecule has 2 atom stereocenters.